The lowest BCUT2D eigenvalue weighted by Crippen LogP contribution is -2.39. The fraction of sp³-hybridized carbons (Fsp3) is 0.667. The van der Waals surface area contributed by atoms with E-state index < -0.39 is 22.6 Å². The molecule has 9 nitrogen and oxygen atoms in total. The molecule has 0 unspecified atom stereocenters. The number of carbonyl (C=O) groups excluding carboxylic acids is 1. The minimum absolute atomic E-state index is 0.0945. The van der Waals surface area contributed by atoms with Gasteiger partial charge in [-0.15, -0.1) is 35.3 Å². The lowest BCUT2D eigenvalue weighted by molar-refractivity contribution is -0.114. The molecule has 3 N–H and O–H groups in total. The number of aryl methyl sites for hydroxylation is 1. The van der Waals surface area contributed by atoms with Crippen molar-refractivity contribution >= 4 is 73.3 Å². The summed E-state index contributed by atoms with van der Waals surface area (Å²) in [5.41, 5.74) is 3.39. The van der Waals surface area contributed by atoms with Crippen LogP contribution in [0.2, 0.25) is 0 Å². The molecule has 13 heteroatoms. The average molecular weight is 584 g/mol. The molecular formula is C24H33N5O4S4. The van der Waals surface area contributed by atoms with Gasteiger partial charge in [-0.25, -0.2) is 9.78 Å². The number of hydrogen-bond donors (Lipinski definition) is 2. The molecule has 4 heterocycles. The highest BCUT2D eigenvalue weighted by molar-refractivity contribution is 8.17. The number of nitrogens with zero attached hydrogens (tertiary/aromatic N) is 4. The molecule has 3 aliphatic heterocycles. The van der Waals surface area contributed by atoms with Gasteiger partial charge in [0, 0.05) is 28.9 Å². The third-order valence-corrected chi connectivity index (χ3v) is 12.4. The lowest BCUT2D eigenvalue weighted by atomic mass is 10.0. The first kappa shape index (κ1) is 28.7. The van der Waals surface area contributed by atoms with E-state index in [1.54, 1.807) is 30.4 Å². The number of aromatic carboxylic acids is 1. The molecule has 0 spiro atoms. The number of carboxylic acids is 1. The van der Waals surface area contributed by atoms with Crippen LogP contribution in [0.3, 0.4) is 0 Å². The average Bonchev–Trinajstić information content (AvgIpc) is 3.59. The molecular weight excluding hydrogens is 551 g/mol. The summed E-state index contributed by atoms with van der Waals surface area (Å²) in [5, 5.41) is 12.2. The van der Waals surface area contributed by atoms with Gasteiger partial charge in [0.2, 0.25) is 11.0 Å². The maximum Gasteiger partial charge on any atom is 0.358 e. The molecule has 0 radical (unpaired) electrons. The van der Waals surface area contributed by atoms with Crippen LogP contribution in [0.1, 0.15) is 63.7 Å². The van der Waals surface area contributed by atoms with E-state index >= 15 is 0 Å². The van der Waals surface area contributed by atoms with E-state index in [9.17, 15) is 14.7 Å². The Labute approximate surface area is 234 Å². The maximum absolute atomic E-state index is 13.3. The summed E-state index contributed by atoms with van der Waals surface area (Å²) in [4.78, 5) is 43.7. The number of oxazole rings is 1. The molecule has 4 atom stereocenters. The molecule has 0 aromatic carbocycles. The van der Waals surface area contributed by atoms with Crippen molar-refractivity contribution in [2.24, 2.45) is 26.6 Å². The molecule has 1 aromatic heterocycles. The Morgan fingerprint density at radius 2 is 1.68 bits per heavy atom. The zero-order valence-corrected chi connectivity index (χ0v) is 25.3. The monoisotopic (exact) mass is 583 g/mol. The van der Waals surface area contributed by atoms with Crippen LogP contribution in [-0.4, -0.2) is 75.9 Å². The number of thioether (sulfide) groups is 4. The summed E-state index contributed by atoms with van der Waals surface area (Å²) >= 11 is 6.21. The van der Waals surface area contributed by atoms with Gasteiger partial charge in [-0.05, 0) is 34.6 Å². The summed E-state index contributed by atoms with van der Waals surface area (Å²) in [6.45, 7) is 13.6. The Bertz CT molecular complexity index is 1230. The zero-order valence-electron chi connectivity index (χ0n) is 22.1. The van der Waals surface area contributed by atoms with Gasteiger partial charge in [0.15, 0.2) is 5.69 Å². The van der Waals surface area contributed by atoms with Gasteiger partial charge in [-0.1, -0.05) is 25.6 Å². The molecule has 0 saturated heterocycles. The van der Waals surface area contributed by atoms with Gasteiger partial charge in [0.25, 0.3) is 0 Å². The van der Waals surface area contributed by atoms with Crippen LogP contribution in [0.25, 0.3) is 0 Å². The molecule has 37 heavy (non-hydrogen) atoms. The van der Waals surface area contributed by atoms with Crippen molar-refractivity contribution in [3.05, 3.63) is 17.3 Å². The third kappa shape index (κ3) is 5.57. The number of nitrogens with two attached hydrogens (primary N) is 1. The minimum Gasteiger partial charge on any atom is -0.476 e. The largest absolute Gasteiger partial charge is 0.476 e. The van der Waals surface area contributed by atoms with Crippen molar-refractivity contribution in [2.45, 2.75) is 70.6 Å². The van der Waals surface area contributed by atoms with Crippen LogP contribution in [0.5, 0.6) is 0 Å². The predicted octanol–water partition coefficient (Wildman–Crippen LogP) is 4.48. The Kier molecular flexibility index (Phi) is 7.79. The first-order chi connectivity index (χ1) is 17.1. The van der Waals surface area contributed by atoms with Gasteiger partial charge < -0.3 is 15.3 Å². The van der Waals surface area contributed by atoms with E-state index in [0.717, 1.165) is 33.4 Å². The summed E-state index contributed by atoms with van der Waals surface area (Å²) < 4.78 is 5.50. The minimum atomic E-state index is -1.18. The highest BCUT2D eigenvalue weighted by Gasteiger charge is 2.49. The second kappa shape index (κ2) is 10.0. The van der Waals surface area contributed by atoms with Gasteiger partial charge in [-0.3, -0.25) is 19.8 Å². The number of aromatic nitrogens is 1. The molecule has 0 aliphatic carbocycles. The van der Waals surface area contributed by atoms with Crippen molar-refractivity contribution < 1.29 is 19.1 Å². The van der Waals surface area contributed by atoms with E-state index in [1.807, 2.05) is 18.7 Å². The summed E-state index contributed by atoms with van der Waals surface area (Å²) in [7, 11) is 0. The number of hydrogen-bond acceptors (Lipinski definition) is 12. The topological polar surface area (TPSA) is 144 Å². The maximum atomic E-state index is 13.3. The molecule has 0 fully saturated rings. The zero-order chi connectivity index (χ0) is 27.4. The summed E-state index contributed by atoms with van der Waals surface area (Å²) in [6.07, 6.45) is 0. The normalized spacial score (nSPS) is 31.3. The van der Waals surface area contributed by atoms with Crippen molar-refractivity contribution in [3.8, 4) is 0 Å². The van der Waals surface area contributed by atoms with Crippen molar-refractivity contribution in [1.82, 2.24) is 4.98 Å². The first-order valence-electron chi connectivity index (χ1n) is 11.9. The Morgan fingerprint density at radius 3 is 2.27 bits per heavy atom. The first-order valence-corrected chi connectivity index (χ1v) is 15.9. The van der Waals surface area contributed by atoms with E-state index in [0.29, 0.717) is 11.7 Å². The Balaban J connectivity index is 1.46. The smallest absolute Gasteiger partial charge is 0.358 e. The van der Waals surface area contributed by atoms with Crippen molar-refractivity contribution in [2.75, 3.05) is 23.0 Å². The van der Waals surface area contributed by atoms with Gasteiger partial charge >= 0.3 is 5.97 Å². The Morgan fingerprint density at radius 1 is 1.08 bits per heavy atom. The van der Waals surface area contributed by atoms with Crippen molar-refractivity contribution in [1.29, 1.82) is 0 Å². The standard InChI is InChI=1S/C24H33N5O4S4/c1-12(2)15-27-22(5,9-34-15)18-28-23(6,10-35-18)19-29-24(7,11-36-19)20(32)37-8-21(4,25)17-26-14(16(30)31)13(3)33-17/h12H,8-11,25H2,1-7H3,(H,30,31)/t21-,22+,23-,24-/m0/s1. The molecule has 0 amide bonds. The van der Waals surface area contributed by atoms with Crippen LogP contribution in [0.4, 0.5) is 0 Å². The highest BCUT2D eigenvalue weighted by Crippen LogP contribution is 2.45. The van der Waals surface area contributed by atoms with E-state index in [-0.39, 0.29) is 33.8 Å². The van der Waals surface area contributed by atoms with Crippen LogP contribution >= 0.6 is 47.0 Å². The fourth-order valence-corrected chi connectivity index (χ4v) is 9.07. The number of carboxylic acid groups (broad SMARTS) is 1. The van der Waals surface area contributed by atoms with Crippen LogP contribution in [0.15, 0.2) is 19.4 Å². The fourth-order valence-electron chi connectivity index (χ4n) is 3.96. The quantitative estimate of drug-likeness (QED) is 0.449. The van der Waals surface area contributed by atoms with E-state index in [4.69, 9.17) is 25.1 Å². The van der Waals surface area contributed by atoms with E-state index in [2.05, 4.69) is 32.7 Å². The van der Waals surface area contributed by atoms with Gasteiger partial charge in [-0.2, -0.15) is 0 Å². The summed E-state index contributed by atoms with van der Waals surface area (Å²) in [6, 6.07) is 0. The van der Waals surface area contributed by atoms with E-state index in [1.165, 1.54) is 12.0 Å². The number of carbonyl (C=O) groups is 2. The second-order valence-electron chi connectivity index (χ2n) is 10.8. The van der Waals surface area contributed by atoms with Crippen LogP contribution in [-0.2, 0) is 10.3 Å². The predicted molar refractivity (Wildman–Crippen MR) is 157 cm³/mol. The number of aliphatic imine (C=N–C) groups is 3. The highest BCUT2D eigenvalue weighted by atomic mass is 32.2. The molecule has 4 rings (SSSR count). The summed E-state index contributed by atoms with van der Waals surface area (Å²) in [5.74, 6) is 1.88. The molecule has 3 aliphatic rings. The van der Waals surface area contributed by atoms with Crippen LogP contribution < -0.4 is 5.73 Å². The molecule has 202 valence electrons. The number of rotatable bonds is 8. The Hall–Kier alpha value is -1.28. The lowest BCUT2D eigenvalue weighted by Gasteiger charge is -2.23. The van der Waals surface area contributed by atoms with Gasteiger partial charge in [0.1, 0.15) is 22.4 Å². The second-order valence-corrected chi connectivity index (χ2v) is 14.7. The SMILES string of the molecule is Cc1oc([C@@](C)(N)CSC(=O)[C@]2(C)CSC([C@]3(C)CSC([C@@]4(C)CSC(C(C)C)=N4)=N3)=N2)nc1C(=O)O. The van der Waals surface area contributed by atoms with Gasteiger partial charge in [0.05, 0.1) is 20.7 Å². The molecule has 0 saturated carbocycles. The van der Waals surface area contributed by atoms with Crippen molar-refractivity contribution in [3.63, 3.8) is 0 Å². The van der Waals surface area contributed by atoms with Crippen LogP contribution in [0, 0.1) is 12.8 Å². The third-order valence-electron chi connectivity index (χ3n) is 6.38. The molecule has 0 bridgehead atoms. The molecule has 1 aromatic rings.